The summed E-state index contributed by atoms with van der Waals surface area (Å²) in [6.07, 6.45) is 2.23. The number of rotatable bonds is 6. The van der Waals surface area contributed by atoms with Gasteiger partial charge in [-0.25, -0.2) is 0 Å². The Labute approximate surface area is 164 Å². The van der Waals surface area contributed by atoms with E-state index < -0.39 is 5.97 Å². The fourth-order valence-electron chi connectivity index (χ4n) is 4.04. The number of benzene rings is 1. The van der Waals surface area contributed by atoms with Crippen LogP contribution in [0.5, 0.6) is 11.5 Å². The number of fused-ring (bicyclic) bond motifs is 2. The van der Waals surface area contributed by atoms with Crippen LogP contribution in [0, 0.1) is 0 Å². The molecule has 7 heteroatoms. The first-order valence-electron chi connectivity index (χ1n) is 9.42. The second-order valence-electron chi connectivity index (χ2n) is 7.59. The lowest BCUT2D eigenvalue weighted by Gasteiger charge is -2.38. The number of thiophene rings is 1. The number of hydrogen-bond donors (Lipinski definition) is 1. The number of piperidine rings is 1. The number of carboxylic acids is 1. The second kappa shape index (κ2) is 7.56. The molecule has 142 valence electrons. The van der Waals surface area contributed by atoms with Crippen molar-refractivity contribution in [3.8, 4) is 11.5 Å². The first-order valence-corrected chi connectivity index (χ1v) is 10.3. The van der Waals surface area contributed by atoms with Gasteiger partial charge in [-0.3, -0.25) is 4.79 Å². The van der Waals surface area contributed by atoms with Gasteiger partial charge in [0.15, 0.2) is 0 Å². The van der Waals surface area contributed by atoms with Gasteiger partial charge in [0, 0.05) is 28.5 Å². The molecule has 5 nitrogen and oxygen atoms in total. The maximum Gasteiger partial charge on any atom is 0.304 e. The Morgan fingerprint density at radius 3 is 2.85 bits per heavy atom. The first kappa shape index (κ1) is 18.4. The van der Waals surface area contributed by atoms with Gasteiger partial charge in [0.25, 0.3) is 0 Å². The van der Waals surface area contributed by atoms with Crippen molar-refractivity contribution in [3.05, 3.63) is 40.1 Å². The van der Waals surface area contributed by atoms with Crippen LogP contribution in [0.1, 0.15) is 29.7 Å². The molecule has 27 heavy (non-hydrogen) atoms. The van der Waals surface area contributed by atoms with Crippen molar-refractivity contribution in [3.63, 3.8) is 0 Å². The Hall–Kier alpha value is -1.99. The van der Waals surface area contributed by atoms with E-state index in [-0.39, 0.29) is 11.8 Å². The van der Waals surface area contributed by atoms with Gasteiger partial charge in [-0.1, -0.05) is 17.6 Å². The molecule has 2 aliphatic heterocycles. The highest BCUT2D eigenvalue weighted by molar-refractivity contribution is 7.10. The molecule has 3 heterocycles. The predicted octanol–water partition coefficient (Wildman–Crippen LogP) is 1.79. The number of likely N-dealkylation sites (tertiary alicyclic amines) is 1. The van der Waals surface area contributed by atoms with Gasteiger partial charge in [0.2, 0.25) is 0 Å². The standard InChI is InChI=1S/C20H24BNO4S/c21-14-9-16(27-12-14)11-25-15-1-2-17-18(10-15)26-13-20(17)4-7-22(8-5-20)6-3-19(23)24/h1-2,9-10,12H,3-8,11,13,21H2,(H,23,24). The van der Waals surface area contributed by atoms with Crippen molar-refractivity contribution in [2.45, 2.75) is 31.3 Å². The molecule has 0 amide bonds. The van der Waals surface area contributed by atoms with Crippen LogP contribution in [0.25, 0.3) is 0 Å². The zero-order valence-corrected chi connectivity index (χ0v) is 16.4. The van der Waals surface area contributed by atoms with E-state index in [0.717, 1.165) is 37.4 Å². The van der Waals surface area contributed by atoms with Crippen molar-refractivity contribution >= 4 is 30.6 Å². The Kier molecular flexibility index (Phi) is 5.15. The lowest BCUT2D eigenvalue weighted by molar-refractivity contribution is -0.137. The van der Waals surface area contributed by atoms with Crippen LogP contribution in [0.4, 0.5) is 0 Å². The third-order valence-corrected chi connectivity index (χ3v) is 6.68. The summed E-state index contributed by atoms with van der Waals surface area (Å²) >= 11 is 1.72. The van der Waals surface area contributed by atoms with Crippen LogP contribution in [0.15, 0.2) is 29.6 Å². The minimum atomic E-state index is -0.727. The van der Waals surface area contributed by atoms with Gasteiger partial charge in [0.1, 0.15) is 26.0 Å². The SMILES string of the molecule is Bc1csc(COc2ccc3c(c2)OCC32CCN(CCC(=O)O)CC2)c1. The third-order valence-electron chi connectivity index (χ3n) is 5.65. The fraction of sp³-hybridized carbons (Fsp3) is 0.450. The van der Waals surface area contributed by atoms with Crippen molar-refractivity contribution < 1.29 is 19.4 Å². The van der Waals surface area contributed by atoms with Crippen molar-refractivity contribution in [1.82, 2.24) is 4.90 Å². The Morgan fingerprint density at radius 2 is 2.15 bits per heavy atom. The summed E-state index contributed by atoms with van der Waals surface area (Å²) in [6.45, 7) is 3.77. The molecule has 0 aliphatic carbocycles. The second-order valence-corrected chi connectivity index (χ2v) is 8.59. The minimum Gasteiger partial charge on any atom is -0.492 e. The quantitative estimate of drug-likeness (QED) is 0.769. The molecule has 1 N–H and O–H groups in total. The van der Waals surface area contributed by atoms with Crippen LogP contribution in [-0.4, -0.2) is 50.1 Å². The summed E-state index contributed by atoms with van der Waals surface area (Å²) in [5.74, 6) is 1.06. The van der Waals surface area contributed by atoms with Gasteiger partial charge in [0.05, 0.1) is 13.0 Å². The van der Waals surface area contributed by atoms with Crippen molar-refractivity contribution in [2.75, 3.05) is 26.2 Å². The van der Waals surface area contributed by atoms with Gasteiger partial charge < -0.3 is 19.5 Å². The van der Waals surface area contributed by atoms with E-state index in [2.05, 4.69) is 30.3 Å². The summed E-state index contributed by atoms with van der Waals surface area (Å²) in [5, 5.41) is 11.0. The molecular formula is C20H24BNO4S. The highest BCUT2D eigenvalue weighted by Crippen LogP contribution is 2.46. The zero-order valence-electron chi connectivity index (χ0n) is 15.6. The molecule has 0 bridgehead atoms. The van der Waals surface area contributed by atoms with E-state index in [9.17, 15) is 4.79 Å². The lowest BCUT2D eigenvalue weighted by Crippen LogP contribution is -2.44. The third kappa shape index (κ3) is 3.99. The lowest BCUT2D eigenvalue weighted by atomic mass is 9.74. The van der Waals surface area contributed by atoms with Crippen LogP contribution < -0.4 is 14.9 Å². The smallest absolute Gasteiger partial charge is 0.304 e. The molecule has 0 radical (unpaired) electrons. The molecule has 0 saturated carbocycles. The molecule has 1 aromatic carbocycles. The maximum absolute atomic E-state index is 10.8. The summed E-state index contributed by atoms with van der Waals surface area (Å²) in [5.41, 5.74) is 2.62. The number of ether oxygens (including phenoxy) is 2. The van der Waals surface area contributed by atoms with E-state index in [1.54, 1.807) is 11.3 Å². The van der Waals surface area contributed by atoms with Crippen LogP contribution >= 0.6 is 11.3 Å². The summed E-state index contributed by atoms with van der Waals surface area (Å²) in [6, 6.07) is 8.37. The summed E-state index contributed by atoms with van der Waals surface area (Å²) < 4.78 is 12.0. The van der Waals surface area contributed by atoms with Gasteiger partial charge >= 0.3 is 5.97 Å². The van der Waals surface area contributed by atoms with E-state index in [4.69, 9.17) is 14.6 Å². The molecule has 4 rings (SSSR count). The van der Waals surface area contributed by atoms with Gasteiger partial charge in [-0.2, -0.15) is 0 Å². The number of carbonyl (C=O) groups is 1. The van der Waals surface area contributed by atoms with Gasteiger partial charge in [-0.05, 0) is 37.4 Å². The number of aliphatic carboxylic acids is 1. The Balaban J connectivity index is 1.39. The fourth-order valence-corrected chi connectivity index (χ4v) is 4.82. The molecule has 1 spiro atoms. The number of carboxylic acid groups (broad SMARTS) is 1. The largest absolute Gasteiger partial charge is 0.492 e. The van der Waals surface area contributed by atoms with E-state index >= 15 is 0 Å². The summed E-state index contributed by atoms with van der Waals surface area (Å²) in [4.78, 5) is 14.2. The molecule has 1 aromatic heterocycles. The zero-order chi connectivity index (χ0) is 18.9. The van der Waals surface area contributed by atoms with Gasteiger partial charge in [-0.15, -0.1) is 11.3 Å². The molecular weight excluding hydrogens is 361 g/mol. The van der Waals surface area contributed by atoms with E-state index in [1.165, 1.54) is 15.9 Å². The highest BCUT2D eigenvalue weighted by atomic mass is 32.1. The van der Waals surface area contributed by atoms with Crippen molar-refractivity contribution in [1.29, 1.82) is 0 Å². The highest BCUT2D eigenvalue weighted by Gasteiger charge is 2.43. The molecule has 2 aliphatic rings. The molecule has 0 atom stereocenters. The monoisotopic (exact) mass is 385 g/mol. The number of nitrogens with zero attached hydrogens (tertiary/aromatic N) is 1. The molecule has 1 saturated heterocycles. The topological polar surface area (TPSA) is 59.0 Å². The minimum absolute atomic E-state index is 0.0679. The Morgan fingerprint density at radius 1 is 1.33 bits per heavy atom. The van der Waals surface area contributed by atoms with Crippen molar-refractivity contribution in [2.24, 2.45) is 0 Å². The number of hydrogen-bond acceptors (Lipinski definition) is 5. The van der Waals surface area contributed by atoms with Crippen LogP contribution in [-0.2, 0) is 16.8 Å². The van der Waals surface area contributed by atoms with Crippen LogP contribution in [0.3, 0.4) is 0 Å². The molecule has 2 aromatic rings. The normalized spacial score (nSPS) is 18.2. The maximum atomic E-state index is 10.8. The average molecular weight is 385 g/mol. The average Bonchev–Trinajstić information content (AvgIpc) is 3.23. The first-order chi connectivity index (χ1) is 13.0. The van der Waals surface area contributed by atoms with Crippen LogP contribution in [0.2, 0.25) is 0 Å². The molecule has 0 unspecified atom stereocenters. The molecule has 1 fully saturated rings. The van der Waals surface area contributed by atoms with E-state index in [0.29, 0.717) is 19.8 Å². The predicted molar refractivity (Wildman–Crippen MR) is 108 cm³/mol. The Bertz CT molecular complexity index is 829. The van der Waals surface area contributed by atoms with E-state index in [1.807, 2.05) is 12.1 Å². The summed E-state index contributed by atoms with van der Waals surface area (Å²) in [7, 11) is 2.09.